The number of nitrogens with zero attached hydrogens (tertiary/aromatic N) is 2. The van der Waals surface area contributed by atoms with Gasteiger partial charge < -0.3 is 5.32 Å². The van der Waals surface area contributed by atoms with Crippen molar-refractivity contribution in [2.75, 3.05) is 18.2 Å². The van der Waals surface area contributed by atoms with Gasteiger partial charge in [0.2, 0.25) is 0 Å². The van der Waals surface area contributed by atoms with Gasteiger partial charge >= 0.3 is 0 Å². The Morgan fingerprint density at radius 2 is 2.12 bits per heavy atom. The summed E-state index contributed by atoms with van der Waals surface area (Å²) < 4.78 is 0. The van der Waals surface area contributed by atoms with Crippen molar-refractivity contribution in [1.29, 1.82) is 0 Å². The van der Waals surface area contributed by atoms with Crippen LogP contribution >= 0.6 is 12.4 Å². The standard InChI is InChI=1S/C11H15N3O.ClH/c1-9-12-7-10(13-9)8-14(15)11-5-3-2-4-6-11;/h2-6,10,15H,7-8H2,1H3,(H,12,13);1H. The van der Waals surface area contributed by atoms with Crippen LogP contribution in [0.15, 0.2) is 35.3 Å². The number of hydrogen-bond donors (Lipinski definition) is 2. The highest BCUT2D eigenvalue weighted by Gasteiger charge is 2.17. The maximum Gasteiger partial charge on any atom is 0.0935 e. The SMILES string of the molecule is CC1=NCC(CN(O)c2ccccc2)N1.Cl. The molecule has 1 atom stereocenters. The van der Waals surface area contributed by atoms with E-state index in [2.05, 4.69) is 10.3 Å². The van der Waals surface area contributed by atoms with Crippen LogP contribution in [-0.2, 0) is 0 Å². The molecule has 0 aliphatic carbocycles. The molecule has 1 aliphatic heterocycles. The molecule has 16 heavy (non-hydrogen) atoms. The summed E-state index contributed by atoms with van der Waals surface area (Å²) in [5.74, 6) is 0.946. The van der Waals surface area contributed by atoms with Gasteiger partial charge in [0.15, 0.2) is 0 Å². The molecule has 1 aliphatic rings. The minimum Gasteiger partial charge on any atom is -0.368 e. The number of amidine groups is 1. The van der Waals surface area contributed by atoms with E-state index in [1.807, 2.05) is 37.3 Å². The van der Waals surface area contributed by atoms with Crippen LogP contribution in [0.2, 0.25) is 0 Å². The molecule has 0 amide bonds. The van der Waals surface area contributed by atoms with E-state index < -0.39 is 0 Å². The summed E-state index contributed by atoms with van der Waals surface area (Å²) in [4.78, 5) is 4.23. The fraction of sp³-hybridized carbons (Fsp3) is 0.364. The van der Waals surface area contributed by atoms with Crippen LogP contribution in [0.1, 0.15) is 6.92 Å². The first-order valence-corrected chi connectivity index (χ1v) is 5.05. The summed E-state index contributed by atoms with van der Waals surface area (Å²) in [6, 6.07) is 9.70. The third-order valence-corrected chi connectivity index (χ3v) is 2.41. The monoisotopic (exact) mass is 241 g/mol. The van der Waals surface area contributed by atoms with Crippen molar-refractivity contribution < 1.29 is 5.21 Å². The molecule has 0 aromatic heterocycles. The Labute approximate surface area is 101 Å². The Hall–Kier alpha value is -1.26. The molecule has 1 unspecified atom stereocenters. The van der Waals surface area contributed by atoms with Crippen LogP contribution < -0.4 is 10.4 Å². The summed E-state index contributed by atoms with van der Waals surface area (Å²) in [6.07, 6.45) is 0. The molecule has 1 heterocycles. The lowest BCUT2D eigenvalue weighted by molar-refractivity contribution is 0.245. The Morgan fingerprint density at radius 3 is 2.69 bits per heavy atom. The number of hydroxylamine groups is 1. The zero-order valence-electron chi connectivity index (χ0n) is 9.13. The van der Waals surface area contributed by atoms with Gasteiger partial charge in [-0.25, -0.2) is 0 Å². The van der Waals surface area contributed by atoms with Gasteiger partial charge in [0, 0.05) is 0 Å². The first kappa shape index (κ1) is 12.8. The van der Waals surface area contributed by atoms with E-state index in [4.69, 9.17) is 0 Å². The van der Waals surface area contributed by atoms with Crippen molar-refractivity contribution in [2.45, 2.75) is 13.0 Å². The number of aliphatic imine (C=N–C) groups is 1. The fourth-order valence-electron chi connectivity index (χ4n) is 1.65. The summed E-state index contributed by atoms with van der Waals surface area (Å²) in [6.45, 7) is 3.21. The van der Waals surface area contributed by atoms with Crippen LogP contribution in [0.5, 0.6) is 0 Å². The highest BCUT2D eigenvalue weighted by atomic mass is 35.5. The van der Waals surface area contributed by atoms with E-state index in [1.165, 1.54) is 5.06 Å². The van der Waals surface area contributed by atoms with Gasteiger partial charge in [-0.2, -0.15) is 0 Å². The van der Waals surface area contributed by atoms with Gasteiger partial charge in [-0.1, -0.05) is 18.2 Å². The number of hydrogen-bond acceptors (Lipinski definition) is 4. The molecule has 1 aromatic rings. The molecule has 0 spiro atoms. The second-order valence-electron chi connectivity index (χ2n) is 3.69. The van der Waals surface area contributed by atoms with Crippen LogP contribution in [0.25, 0.3) is 0 Å². The molecule has 1 aromatic carbocycles. The molecule has 2 N–H and O–H groups in total. The summed E-state index contributed by atoms with van der Waals surface area (Å²) in [5, 5.41) is 14.3. The minimum atomic E-state index is 0. The first-order valence-electron chi connectivity index (χ1n) is 5.05. The maximum absolute atomic E-state index is 9.81. The first-order chi connectivity index (χ1) is 7.25. The summed E-state index contributed by atoms with van der Waals surface area (Å²) in [7, 11) is 0. The number of rotatable bonds is 3. The van der Waals surface area contributed by atoms with E-state index in [1.54, 1.807) is 0 Å². The molecule has 5 heteroatoms. The summed E-state index contributed by atoms with van der Waals surface area (Å²) in [5.41, 5.74) is 0.809. The summed E-state index contributed by atoms with van der Waals surface area (Å²) >= 11 is 0. The predicted octanol–water partition coefficient (Wildman–Crippen LogP) is 1.69. The smallest absolute Gasteiger partial charge is 0.0935 e. The quantitative estimate of drug-likeness (QED) is 0.792. The molecular formula is C11H16ClN3O. The van der Waals surface area contributed by atoms with Crippen LogP contribution in [0, 0.1) is 0 Å². The molecule has 0 saturated heterocycles. The van der Waals surface area contributed by atoms with Gasteiger partial charge in [0.25, 0.3) is 0 Å². The minimum absolute atomic E-state index is 0. The van der Waals surface area contributed by atoms with Crippen LogP contribution in [-0.4, -0.2) is 30.2 Å². The van der Waals surface area contributed by atoms with Crippen molar-refractivity contribution in [1.82, 2.24) is 5.32 Å². The third kappa shape index (κ3) is 3.12. The van der Waals surface area contributed by atoms with Crippen LogP contribution in [0.4, 0.5) is 5.69 Å². The zero-order valence-corrected chi connectivity index (χ0v) is 9.94. The topological polar surface area (TPSA) is 47.9 Å². The third-order valence-electron chi connectivity index (χ3n) is 2.41. The molecule has 0 radical (unpaired) electrons. The van der Waals surface area contributed by atoms with Crippen LogP contribution in [0.3, 0.4) is 0 Å². The highest BCUT2D eigenvalue weighted by molar-refractivity contribution is 5.85. The molecule has 4 nitrogen and oxygen atoms in total. The van der Waals surface area contributed by atoms with E-state index in [0.29, 0.717) is 6.54 Å². The van der Waals surface area contributed by atoms with E-state index >= 15 is 0 Å². The average Bonchev–Trinajstić information content (AvgIpc) is 2.65. The largest absolute Gasteiger partial charge is 0.368 e. The Bertz CT molecular complexity index is 356. The predicted molar refractivity (Wildman–Crippen MR) is 67.7 cm³/mol. The maximum atomic E-state index is 9.81. The van der Waals surface area contributed by atoms with Crippen molar-refractivity contribution in [2.24, 2.45) is 4.99 Å². The molecule has 2 rings (SSSR count). The number of nitrogens with one attached hydrogen (secondary N) is 1. The van der Waals surface area contributed by atoms with Crippen molar-refractivity contribution >= 4 is 23.9 Å². The second kappa shape index (κ2) is 5.72. The Balaban J connectivity index is 0.00000128. The zero-order chi connectivity index (χ0) is 10.7. The van der Waals surface area contributed by atoms with Gasteiger partial charge in [0.05, 0.1) is 30.7 Å². The fourth-order valence-corrected chi connectivity index (χ4v) is 1.65. The number of para-hydroxylation sites is 1. The molecule has 88 valence electrons. The molecule has 0 fully saturated rings. The van der Waals surface area contributed by atoms with Crippen molar-refractivity contribution in [3.63, 3.8) is 0 Å². The Kier molecular flexibility index (Phi) is 4.58. The molecule has 0 bridgehead atoms. The van der Waals surface area contributed by atoms with Gasteiger partial charge in [-0.3, -0.25) is 15.3 Å². The van der Waals surface area contributed by atoms with Crippen molar-refractivity contribution in [3.05, 3.63) is 30.3 Å². The number of benzene rings is 1. The molecule has 0 saturated carbocycles. The lowest BCUT2D eigenvalue weighted by Crippen LogP contribution is -2.39. The van der Waals surface area contributed by atoms with E-state index in [-0.39, 0.29) is 18.4 Å². The average molecular weight is 242 g/mol. The number of anilines is 1. The Morgan fingerprint density at radius 1 is 1.44 bits per heavy atom. The second-order valence-corrected chi connectivity index (χ2v) is 3.69. The van der Waals surface area contributed by atoms with E-state index in [9.17, 15) is 5.21 Å². The van der Waals surface area contributed by atoms with Gasteiger partial charge in [-0.15, -0.1) is 12.4 Å². The lowest BCUT2D eigenvalue weighted by atomic mass is 10.2. The van der Waals surface area contributed by atoms with Crippen molar-refractivity contribution in [3.8, 4) is 0 Å². The van der Waals surface area contributed by atoms with E-state index in [0.717, 1.165) is 18.1 Å². The number of halogens is 1. The molecular weight excluding hydrogens is 226 g/mol. The normalized spacial score (nSPS) is 18.4. The lowest BCUT2D eigenvalue weighted by Gasteiger charge is -2.20. The van der Waals surface area contributed by atoms with Gasteiger partial charge in [-0.05, 0) is 19.1 Å². The van der Waals surface area contributed by atoms with Gasteiger partial charge in [0.1, 0.15) is 0 Å². The highest BCUT2D eigenvalue weighted by Crippen LogP contribution is 2.11.